The van der Waals surface area contributed by atoms with Gasteiger partial charge in [-0.1, -0.05) is 66.2 Å². The molecule has 0 heterocycles. The summed E-state index contributed by atoms with van der Waals surface area (Å²) < 4.78 is 5.53. The lowest BCUT2D eigenvalue weighted by molar-refractivity contribution is -0.136. The second kappa shape index (κ2) is 10.6. The van der Waals surface area contributed by atoms with Gasteiger partial charge in [-0.05, 0) is 47.4 Å². The van der Waals surface area contributed by atoms with Crippen LogP contribution in [0.5, 0.6) is 0 Å². The molecule has 0 aromatic heterocycles. The number of carboxylic acid groups (broad SMARTS) is 1. The van der Waals surface area contributed by atoms with Gasteiger partial charge in [0.2, 0.25) is 5.91 Å². The van der Waals surface area contributed by atoms with Crippen LogP contribution in [0.1, 0.15) is 30.4 Å². The van der Waals surface area contributed by atoms with Crippen molar-refractivity contribution in [3.05, 3.63) is 88.9 Å². The third-order valence-electron chi connectivity index (χ3n) is 5.90. The molecule has 2 N–H and O–H groups in total. The quantitative estimate of drug-likeness (QED) is 0.457. The van der Waals surface area contributed by atoms with Crippen LogP contribution in [0.3, 0.4) is 0 Å². The molecular weight excluding hydrogens is 468 g/mol. The molecule has 0 radical (unpaired) electrons. The average molecular weight is 493 g/mol. The van der Waals surface area contributed by atoms with Crippen LogP contribution in [0.4, 0.5) is 10.5 Å². The molecule has 1 atom stereocenters. The second-order valence-corrected chi connectivity index (χ2v) is 8.86. The van der Waals surface area contributed by atoms with Crippen LogP contribution in [0.2, 0.25) is 5.02 Å². The number of amides is 2. The van der Waals surface area contributed by atoms with Crippen LogP contribution in [-0.4, -0.2) is 42.3 Å². The molecule has 1 aliphatic carbocycles. The maximum absolute atomic E-state index is 12.9. The maximum Gasteiger partial charge on any atom is 0.407 e. The summed E-state index contributed by atoms with van der Waals surface area (Å²) in [6.07, 6.45) is -0.746. The summed E-state index contributed by atoms with van der Waals surface area (Å²) >= 11 is 6.00. The Labute approximate surface area is 208 Å². The summed E-state index contributed by atoms with van der Waals surface area (Å²) in [4.78, 5) is 37.8. The van der Waals surface area contributed by atoms with E-state index in [1.807, 2.05) is 36.4 Å². The minimum Gasteiger partial charge on any atom is -0.480 e. The molecule has 2 amide bonds. The normalized spacial score (nSPS) is 12.9. The first-order chi connectivity index (χ1) is 16.8. The molecule has 0 aliphatic heterocycles. The van der Waals surface area contributed by atoms with E-state index in [0.29, 0.717) is 10.7 Å². The summed E-state index contributed by atoms with van der Waals surface area (Å²) in [5.41, 5.74) is 4.86. The van der Waals surface area contributed by atoms with E-state index >= 15 is 0 Å². The van der Waals surface area contributed by atoms with Crippen LogP contribution in [-0.2, 0) is 14.3 Å². The van der Waals surface area contributed by atoms with E-state index in [-0.39, 0.29) is 18.9 Å². The van der Waals surface area contributed by atoms with Crippen LogP contribution in [0.15, 0.2) is 72.8 Å². The molecule has 7 nitrogen and oxygen atoms in total. The van der Waals surface area contributed by atoms with Crippen LogP contribution < -0.4 is 10.2 Å². The van der Waals surface area contributed by atoms with Gasteiger partial charge in [-0.15, -0.1) is 0 Å². The highest BCUT2D eigenvalue weighted by Gasteiger charge is 2.29. The highest BCUT2D eigenvalue weighted by atomic mass is 35.5. The van der Waals surface area contributed by atoms with E-state index in [2.05, 4.69) is 17.4 Å². The van der Waals surface area contributed by atoms with Crippen molar-refractivity contribution in [2.45, 2.75) is 25.3 Å². The molecule has 3 aromatic carbocycles. The monoisotopic (exact) mass is 492 g/mol. The van der Waals surface area contributed by atoms with Crippen LogP contribution in [0.25, 0.3) is 11.1 Å². The van der Waals surface area contributed by atoms with Gasteiger partial charge in [0, 0.05) is 29.1 Å². The number of halogens is 1. The Bertz CT molecular complexity index is 1220. The molecule has 0 bridgehead atoms. The number of hydrogen-bond donors (Lipinski definition) is 2. The number of rotatable bonds is 8. The number of carbonyl (C=O) groups is 3. The molecule has 8 heteroatoms. The Kier molecular flexibility index (Phi) is 7.36. The largest absolute Gasteiger partial charge is 0.480 e. The van der Waals surface area contributed by atoms with Crippen molar-refractivity contribution in [3.8, 4) is 11.1 Å². The number of anilines is 1. The Morgan fingerprint density at radius 1 is 1.00 bits per heavy atom. The minimum absolute atomic E-state index is 0.0704. The van der Waals surface area contributed by atoms with Crippen molar-refractivity contribution < 1.29 is 24.2 Å². The molecule has 0 fully saturated rings. The van der Waals surface area contributed by atoms with E-state index in [4.69, 9.17) is 16.3 Å². The number of hydrogen-bond acceptors (Lipinski definition) is 4. The third kappa shape index (κ3) is 5.63. The molecule has 0 unspecified atom stereocenters. The highest BCUT2D eigenvalue weighted by Crippen LogP contribution is 2.44. The fraction of sp³-hybridized carbons (Fsp3) is 0.222. The zero-order chi connectivity index (χ0) is 24.9. The van der Waals surface area contributed by atoms with Gasteiger partial charge >= 0.3 is 12.1 Å². The van der Waals surface area contributed by atoms with Crippen molar-refractivity contribution in [2.75, 3.05) is 18.1 Å². The van der Waals surface area contributed by atoms with Crippen molar-refractivity contribution in [1.29, 1.82) is 0 Å². The lowest BCUT2D eigenvalue weighted by Gasteiger charge is -2.23. The van der Waals surface area contributed by atoms with Crippen molar-refractivity contribution in [2.24, 2.45) is 0 Å². The predicted molar refractivity (Wildman–Crippen MR) is 134 cm³/mol. The number of carboxylic acids is 1. The van der Waals surface area contributed by atoms with Gasteiger partial charge in [0.15, 0.2) is 0 Å². The minimum atomic E-state index is -1.16. The lowest BCUT2D eigenvalue weighted by Crippen LogP contribution is -2.41. The number of ether oxygens (including phenoxy) is 1. The Morgan fingerprint density at radius 3 is 2.23 bits per heavy atom. The number of nitrogens with one attached hydrogen (secondary N) is 1. The molecule has 180 valence electrons. The van der Waals surface area contributed by atoms with Gasteiger partial charge in [0.1, 0.15) is 13.2 Å². The zero-order valence-corrected chi connectivity index (χ0v) is 19.9. The molecule has 0 saturated heterocycles. The van der Waals surface area contributed by atoms with E-state index in [9.17, 15) is 19.5 Å². The molecule has 3 aromatic rings. The van der Waals surface area contributed by atoms with Gasteiger partial charge in [0.05, 0.1) is 0 Å². The summed E-state index contributed by atoms with van der Waals surface area (Å²) in [5.74, 6) is -1.68. The molecule has 0 saturated carbocycles. The van der Waals surface area contributed by atoms with Crippen LogP contribution in [0, 0.1) is 0 Å². The Morgan fingerprint density at radius 2 is 1.63 bits per heavy atom. The third-order valence-corrected chi connectivity index (χ3v) is 6.14. The first-order valence-electron chi connectivity index (χ1n) is 11.2. The van der Waals surface area contributed by atoms with E-state index in [1.54, 1.807) is 25.1 Å². The van der Waals surface area contributed by atoms with E-state index in [1.165, 1.54) is 6.07 Å². The second-order valence-electron chi connectivity index (χ2n) is 8.43. The first-order valence-corrected chi connectivity index (χ1v) is 11.6. The number of benzene rings is 3. The first kappa shape index (κ1) is 24.3. The summed E-state index contributed by atoms with van der Waals surface area (Å²) in [5, 5.41) is 12.3. The Balaban J connectivity index is 1.36. The summed E-state index contributed by atoms with van der Waals surface area (Å²) in [6.45, 7) is 1.31. The highest BCUT2D eigenvalue weighted by molar-refractivity contribution is 6.31. The standard InChI is InChI=1S/C27H25ClN2O5/c1-17(13-25(31)30(15-26(32)33)19-8-6-7-18(28)14-19)29-27(34)35-16-24-22-11-4-2-9-20(22)21-10-3-5-12-23(21)24/h2-12,14,17,24H,13,15-16H2,1H3,(H,29,34)(H,32,33)/t17-/m0/s1. The van der Waals surface area contributed by atoms with Crippen LogP contribution >= 0.6 is 11.6 Å². The van der Waals surface area contributed by atoms with Gasteiger partial charge in [-0.25, -0.2) is 4.79 Å². The molecule has 4 rings (SSSR count). The van der Waals surface area contributed by atoms with Gasteiger partial charge in [-0.2, -0.15) is 0 Å². The maximum atomic E-state index is 12.9. The van der Waals surface area contributed by atoms with Gasteiger partial charge < -0.3 is 20.1 Å². The average Bonchev–Trinajstić information content (AvgIpc) is 3.14. The molecule has 0 spiro atoms. The summed E-state index contributed by atoms with van der Waals surface area (Å²) in [7, 11) is 0. The van der Waals surface area contributed by atoms with Crippen molar-refractivity contribution in [3.63, 3.8) is 0 Å². The molecule has 1 aliphatic rings. The molecule has 35 heavy (non-hydrogen) atoms. The fourth-order valence-corrected chi connectivity index (χ4v) is 4.55. The molecular formula is C27H25ClN2O5. The topological polar surface area (TPSA) is 95.9 Å². The van der Waals surface area contributed by atoms with Gasteiger partial charge in [-0.3, -0.25) is 9.59 Å². The lowest BCUT2D eigenvalue weighted by atomic mass is 9.98. The predicted octanol–water partition coefficient (Wildman–Crippen LogP) is 5.07. The number of fused-ring (bicyclic) bond motifs is 3. The van der Waals surface area contributed by atoms with Gasteiger partial charge in [0.25, 0.3) is 0 Å². The number of alkyl carbamates (subject to hydrolysis) is 1. The van der Waals surface area contributed by atoms with Crippen molar-refractivity contribution in [1.82, 2.24) is 5.32 Å². The smallest absolute Gasteiger partial charge is 0.407 e. The van der Waals surface area contributed by atoms with Crippen molar-refractivity contribution >= 4 is 35.3 Å². The fourth-order valence-electron chi connectivity index (χ4n) is 4.37. The summed E-state index contributed by atoms with van der Waals surface area (Å²) in [6, 6.07) is 21.9. The van der Waals surface area contributed by atoms with E-state index in [0.717, 1.165) is 27.2 Å². The van der Waals surface area contributed by atoms with E-state index < -0.39 is 30.6 Å². The number of nitrogens with zero attached hydrogens (tertiary/aromatic N) is 1. The number of aliphatic carboxylic acids is 1. The number of carbonyl (C=O) groups excluding carboxylic acids is 2. The Hall–Kier alpha value is -3.84. The SMILES string of the molecule is C[C@@H](CC(=O)N(CC(=O)O)c1cccc(Cl)c1)NC(=O)OCC1c2ccccc2-c2ccccc21. The zero-order valence-electron chi connectivity index (χ0n) is 19.1.